The van der Waals surface area contributed by atoms with Crippen LogP contribution in [0.4, 0.5) is 0 Å². The molecule has 1 saturated carbocycles. The van der Waals surface area contributed by atoms with Gasteiger partial charge in [0.2, 0.25) is 0 Å². The molecule has 1 aromatic rings. The second-order valence-electron chi connectivity index (χ2n) is 5.78. The van der Waals surface area contributed by atoms with E-state index >= 15 is 0 Å². The molecule has 1 heterocycles. The van der Waals surface area contributed by atoms with E-state index in [0.29, 0.717) is 0 Å². The first-order valence-electron chi connectivity index (χ1n) is 7.32. The number of hydrogen-bond acceptors (Lipinski definition) is 2. The topological polar surface area (TPSA) is 18.5 Å². The highest BCUT2D eigenvalue weighted by atomic mass is 35.5. The van der Waals surface area contributed by atoms with Crippen molar-refractivity contribution in [2.45, 2.75) is 56.7 Å². The Kier molecular flexibility index (Phi) is 3.99. The first-order valence-corrected chi connectivity index (χ1v) is 7.70. The number of benzene rings is 1. The molecule has 1 spiro atoms. The minimum Gasteiger partial charge on any atom is -0.490 e. The first kappa shape index (κ1) is 13.3. The molecule has 2 aliphatic rings. The van der Waals surface area contributed by atoms with Crippen LogP contribution in [0.25, 0.3) is 0 Å². The molecule has 0 N–H and O–H groups in total. The normalized spacial score (nSPS) is 26.3. The van der Waals surface area contributed by atoms with Crippen LogP contribution in [0.3, 0.4) is 0 Å². The maximum Gasteiger partial charge on any atom is 0.121 e. The quantitative estimate of drug-likeness (QED) is 0.788. The van der Waals surface area contributed by atoms with Crippen LogP contribution in [-0.4, -0.2) is 18.3 Å². The molecule has 0 amide bonds. The lowest BCUT2D eigenvalue weighted by Gasteiger charge is -2.43. The highest BCUT2D eigenvalue weighted by Gasteiger charge is 2.39. The minimum absolute atomic E-state index is 0.0970. The van der Waals surface area contributed by atoms with E-state index in [9.17, 15) is 0 Å². The van der Waals surface area contributed by atoms with Gasteiger partial charge in [0.1, 0.15) is 11.9 Å². The summed E-state index contributed by atoms with van der Waals surface area (Å²) < 4.78 is 12.2. The van der Waals surface area contributed by atoms with Gasteiger partial charge in [0.05, 0.1) is 12.2 Å². The number of hydrogen-bond donors (Lipinski definition) is 0. The van der Waals surface area contributed by atoms with Gasteiger partial charge in [-0.3, -0.25) is 0 Å². The molecule has 0 radical (unpaired) electrons. The molecule has 0 aromatic heterocycles. The van der Waals surface area contributed by atoms with Gasteiger partial charge in [0.25, 0.3) is 0 Å². The molecule has 1 aliphatic heterocycles. The fraction of sp³-hybridized carbons (Fsp3) is 0.625. The summed E-state index contributed by atoms with van der Waals surface area (Å²) in [5.74, 6) is 0.880. The van der Waals surface area contributed by atoms with Crippen molar-refractivity contribution in [3.8, 4) is 5.75 Å². The lowest BCUT2D eigenvalue weighted by molar-refractivity contribution is -0.129. The molecule has 1 aliphatic carbocycles. The fourth-order valence-electron chi connectivity index (χ4n) is 3.36. The second kappa shape index (κ2) is 5.72. The third-order valence-electron chi connectivity index (χ3n) is 4.31. The van der Waals surface area contributed by atoms with Crippen molar-refractivity contribution in [1.82, 2.24) is 0 Å². The van der Waals surface area contributed by atoms with Gasteiger partial charge < -0.3 is 9.47 Å². The minimum atomic E-state index is 0.0970. The van der Waals surface area contributed by atoms with Crippen molar-refractivity contribution in [3.05, 3.63) is 29.3 Å². The SMILES string of the molecule is Clc1cccc(OC2CCOC3(CCCCC3)C2)c1. The van der Waals surface area contributed by atoms with Crippen molar-refractivity contribution in [3.63, 3.8) is 0 Å². The van der Waals surface area contributed by atoms with Crippen molar-refractivity contribution < 1.29 is 9.47 Å². The maximum atomic E-state index is 6.10. The van der Waals surface area contributed by atoms with Crippen LogP contribution in [0.5, 0.6) is 5.75 Å². The predicted octanol–water partition coefficient (Wildman–Crippen LogP) is 4.60. The summed E-state index contributed by atoms with van der Waals surface area (Å²) in [6.07, 6.45) is 8.61. The Morgan fingerprint density at radius 1 is 1.21 bits per heavy atom. The van der Waals surface area contributed by atoms with Crippen LogP contribution in [0.15, 0.2) is 24.3 Å². The average molecular weight is 281 g/mol. The molecule has 0 bridgehead atoms. The van der Waals surface area contributed by atoms with Crippen LogP contribution < -0.4 is 4.74 Å². The smallest absolute Gasteiger partial charge is 0.121 e. The van der Waals surface area contributed by atoms with E-state index in [1.165, 1.54) is 32.1 Å². The summed E-state index contributed by atoms with van der Waals surface area (Å²) in [5, 5.41) is 0.733. The van der Waals surface area contributed by atoms with Gasteiger partial charge in [-0.15, -0.1) is 0 Å². The highest BCUT2D eigenvalue weighted by molar-refractivity contribution is 6.30. The first-order chi connectivity index (χ1) is 9.26. The van der Waals surface area contributed by atoms with Crippen molar-refractivity contribution in [1.29, 1.82) is 0 Å². The predicted molar refractivity (Wildman–Crippen MR) is 76.9 cm³/mol. The van der Waals surface area contributed by atoms with Gasteiger partial charge >= 0.3 is 0 Å². The fourth-order valence-corrected chi connectivity index (χ4v) is 3.54. The summed E-state index contributed by atoms with van der Waals surface area (Å²) in [7, 11) is 0. The number of rotatable bonds is 2. The van der Waals surface area contributed by atoms with Crippen LogP contribution in [-0.2, 0) is 4.74 Å². The van der Waals surface area contributed by atoms with E-state index in [4.69, 9.17) is 21.1 Å². The Morgan fingerprint density at radius 3 is 2.84 bits per heavy atom. The largest absolute Gasteiger partial charge is 0.490 e. The van der Waals surface area contributed by atoms with Crippen molar-refractivity contribution in [2.24, 2.45) is 0 Å². The van der Waals surface area contributed by atoms with Gasteiger partial charge in [0.15, 0.2) is 0 Å². The van der Waals surface area contributed by atoms with Crippen molar-refractivity contribution >= 4 is 11.6 Å². The molecule has 3 rings (SSSR count). The lowest BCUT2D eigenvalue weighted by Crippen LogP contribution is -2.45. The van der Waals surface area contributed by atoms with Gasteiger partial charge in [-0.25, -0.2) is 0 Å². The summed E-state index contributed by atoms with van der Waals surface area (Å²) >= 11 is 6.00. The summed E-state index contributed by atoms with van der Waals surface area (Å²) in [5.41, 5.74) is 0.0970. The van der Waals surface area contributed by atoms with Gasteiger partial charge in [-0.05, 0) is 31.0 Å². The Morgan fingerprint density at radius 2 is 2.05 bits per heavy atom. The monoisotopic (exact) mass is 280 g/mol. The van der Waals surface area contributed by atoms with Crippen LogP contribution in [0.2, 0.25) is 5.02 Å². The molecular weight excluding hydrogens is 260 g/mol. The van der Waals surface area contributed by atoms with E-state index in [0.717, 1.165) is 30.2 Å². The van der Waals surface area contributed by atoms with E-state index in [2.05, 4.69) is 0 Å². The standard InChI is InChI=1S/C16H21ClO2/c17-13-5-4-6-14(11-13)19-15-7-10-18-16(12-15)8-2-1-3-9-16/h4-6,11,15H,1-3,7-10,12H2. The highest BCUT2D eigenvalue weighted by Crippen LogP contribution is 2.39. The zero-order chi connectivity index (χ0) is 13.1. The molecule has 19 heavy (non-hydrogen) atoms. The molecule has 3 heteroatoms. The van der Waals surface area contributed by atoms with E-state index < -0.39 is 0 Å². The lowest BCUT2D eigenvalue weighted by atomic mass is 9.79. The van der Waals surface area contributed by atoms with Gasteiger partial charge in [-0.2, -0.15) is 0 Å². The molecule has 2 nitrogen and oxygen atoms in total. The maximum absolute atomic E-state index is 6.10. The van der Waals surface area contributed by atoms with Crippen molar-refractivity contribution in [2.75, 3.05) is 6.61 Å². The Balaban J connectivity index is 1.65. The van der Waals surface area contributed by atoms with E-state index in [-0.39, 0.29) is 11.7 Å². The van der Waals surface area contributed by atoms with E-state index in [1.807, 2.05) is 24.3 Å². The molecule has 2 fully saturated rings. The van der Waals surface area contributed by atoms with Crippen LogP contribution in [0.1, 0.15) is 44.9 Å². The zero-order valence-corrected chi connectivity index (χ0v) is 12.0. The Hall–Kier alpha value is -0.730. The van der Waals surface area contributed by atoms with E-state index in [1.54, 1.807) is 0 Å². The molecule has 1 aromatic carbocycles. The van der Waals surface area contributed by atoms with Gasteiger partial charge in [0, 0.05) is 17.9 Å². The Bertz CT molecular complexity index is 421. The summed E-state index contributed by atoms with van der Waals surface area (Å²) in [4.78, 5) is 0. The summed E-state index contributed by atoms with van der Waals surface area (Å²) in [6, 6.07) is 7.69. The second-order valence-corrected chi connectivity index (χ2v) is 6.22. The molecule has 1 atom stereocenters. The van der Waals surface area contributed by atoms with Crippen LogP contribution >= 0.6 is 11.6 Å². The number of halogens is 1. The Labute approximate surface area is 120 Å². The zero-order valence-electron chi connectivity index (χ0n) is 11.2. The molecule has 1 saturated heterocycles. The molecule has 104 valence electrons. The summed E-state index contributed by atoms with van der Waals surface area (Å²) in [6.45, 7) is 0.825. The van der Waals surface area contributed by atoms with Gasteiger partial charge in [-0.1, -0.05) is 36.9 Å². The average Bonchev–Trinajstić information content (AvgIpc) is 2.40. The molecular formula is C16H21ClO2. The third-order valence-corrected chi connectivity index (χ3v) is 4.55. The number of ether oxygens (including phenoxy) is 2. The molecule has 1 unspecified atom stereocenters. The van der Waals surface area contributed by atoms with Crippen LogP contribution in [0, 0.1) is 0 Å². The third kappa shape index (κ3) is 3.24.